The second-order valence-electron chi connectivity index (χ2n) is 10.2. The molecule has 0 aliphatic rings. The Morgan fingerprint density at radius 2 is 0.743 bits per heavy atom. The van der Waals surface area contributed by atoms with Gasteiger partial charge in [0.1, 0.15) is 0 Å². The molecule has 5 heteroatoms. The van der Waals surface area contributed by atoms with Crippen molar-refractivity contribution in [1.29, 1.82) is 0 Å². The Hall–Kier alpha value is -1.10. The number of hydrogen-bond donors (Lipinski definition) is 0. The molecule has 0 aromatic carbocycles. The molecule has 5 nitrogen and oxygen atoms in total. The van der Waals surface area contributed by atoms with Gasteiger partial charge in [-0.15, -0.1) is 0 Å². The van der Waals surface area contributed by atoms with Crippen LogP contribution in [0.2, 0.25) is 0 Å². The zero-order valence-electron chi connectivity index (χ0n) is 23.8. The van der Waals surface area contributed by atoms with E-state index in [9.17, 15) is 9.59 Å². The SMILES string of the molecule is CCCCCCN(CCCCCCCCCCC(=O)OC)CCCCCCCCCCC(=O)OC. The van der Waals surface area contributed by atoms with E-state index in [2.05, 4.69) is 11.8 Å². The first-order chi connectivity index (χ1) is 17.1. The second-order valence-corrected chi connectivity index (χ2v) is 10.2. The topological polar surface area (TPSA) is 55.8 Å². The highest BCUT2D eigenvalue weighted by Crippen LogP contribution is 2.13. The largest absolute Gasteiger partial charge is 0.469 e. The minimum Gasteiger partial charge on any atom is -0.469 e. The lowest BCUT2D eigenvalue weighted by Gasteiger charge is -2.22. The molecule has 0 rings (SSSR count). The van der Waals surface area contributed by atoms with Crippen molar-refractivity contribution in [2.45, 2.75) is 148 Å². The van der Waals surface area contributed by atoms with Crippen LogP contribution >= 0.6 is 0 Å². The lowest BCUT2D eigenvalue weighted by molar-refractivity contribution is -0.141. The summed E-state index contributed by atoms with van der Waals surface area (Å²) < 4.78 is 9.38. The van der Waals surface area contributed by atoms with Gasteiger partial charge in [0.2, 0.25) is 0 Å². The quantitative estimate of drug-likeness (QED) is 0.0844. The van der Waals surface area contributed by atoms with Gasteiger partial charge < -0.3 is 14.4 Å². The maximum absolute atomic E-state index is 11.1. The van der Waals surface area contributed by atoms with Crippen molar-refractivity contribution in [3.8, 4) is 0 Å². The van der Waals surface area contributed by atoms with Gasteiger partial charge in [-0.1, -0.05) is 103 Å². The molecule has 0 aromatic rings. The molecule has 208 valence electrons. The van der Waals surface area contributed by atoms with Crippen LogP contribution in [0.3, 0.4) is 0 Å². The van der Waals surface area contributed by atoms with Crippen molar-refractivity contribution in [3.05, 3.63) is 0 Å². The van der Waals surface area contributed by atoms with Gasteiger partial charge in [0.05, 0.1) is 14.2 Å². The van der Waals surface area contributed by atoms with Crippen LogP contribution in [0.15, 0.2) is 0 Å². The van der Waals surface area contributed by atoms with Crippen LogP contribution in [0.5, 0.6) is 0 Å². The van der Waals surface area contributed by atoms with Gasteiger partial charge in [0.15, 0.2) is 0 Å². The number of hydrogen-bond acceptors (Lipinski definition) is 5. The summed E-state index contributed by atoms with van der Waals surface area (Å²) in [4.78, 5) is 25.0. The first-order valence-electron chi connectivity index (χ1n) is 15.0. The molecular weight excluding hydrogens is 438 g/mol. The summed E-state index contributed by atoms with van der Waals surface area (Å²) in [5.41, 5.74) is 0. The Morgan fingerprint density at radius 1 is 0.457 bits per heavy atom. The molecule has 0 heterocycles. The van der Waals surface area contributed by atoms with Crippen LogP contribution in [0.25, 0.3) is 0 Å². The molecule has 0 radical (unpaired) electrons. The molecule has 0 fully saturated rings. The summed E-state index contributed by atoms with van der Waals surface area (Å²) in [5, 5.41) is 0. The van der Waals surface area contributed by atoms with E-state index in [4.69, 9.17) is 9.47 Å². The van der Waals surface area contributed by atoms with E-state index in [1.165, 1.54) is 137 Å². The number of esters is 2. The fourth-order valence-electron chi connectivity index (χ4n) is 4.63. The van der Waals surface area contributed by atoms with Crippen LogP contribution in [0, 0.1) is 0 Å². The van der Waals surface area contributed by atoms with Crippen LogP contribution in [0.4, 0.5) is 0 Å². The Balaban J connectivity index is 3.74. The number of carbonyl (C=O) groups excluding carboxylic acids is 2. The van der Waals surface area contributed by atoms with Crippen molar-refractivity contribution in [2.75, 3.05) is 33.9 Å². The summed E-state index contributed by atoms with van der Waals surface area (Å²) in [6.07, 6.45) is 26.6. The van der Waals surface area contributed by atoms with E-state index in [1.807, 2.05) is 0 Å². The molecule has 0 unspecified atom stereocenters. The molecule has 0 amide bonds. The van der Waals surface area contributed by atoms with Gasteiger partial charge >= 0.3 is 11.9 Å². The second kappa shape index (κ2) is 27.5. The molecular formula is C30H59NO4. The minimum absolute atomic E-state index is 0.0756. The lowest BCUT2D eigenvalue weighted by atomic mass is 10.1. The molecule has 0 bridgehead atoms. The third kappa shape index (κ3) is 25.8. The van der Waals surface area contributed by atoms with Gasteiger partial charge in [-0.05, 0) is 51.7 Å². The molecule has 0 atom stereocenters. The van der Waals surface area contributed by atoms with E-state index >= 15 is 0 Å². The Bertz CT molecular complexity index is 433. The average molecular weight is 498 g/mol. The van der Waals surface area contributed by atoms with Crippen LogP contribution < -0.4 is 0 Å². The van der Waals surface area contributed by atoms with Crippen molar-refractivity contribution in [2.24, 2.45) is 0 Å². The smallest absolute Gasteiger partial charge is 0.305 e. The molecule has 0 N–H and O–H groups in total. The van der Waals surface area contributed by atoms with Gasteiger partial charge in [0.25, 0.3) is 0 Å². The van der Waals surface area contributed by atoms with Gasteiger partial charge in [-0.3, -0.25) is 9.59 Å². The summed E-state index contributed by atoms with van der Waals surface area (Å²) in [6, 6.07) is 0. The molecule has 0 aliphatic heterocycles. The molecule has 0 saturated carbocycles. The number of carbonyl (C=O) groups is 2. The lowest BCUT2D eigenvalue weighted by Crippen LogP contribution is -2.27. The minimum atomic E-state index is -0.0756. The number of nitrogens with zero attached hydrogens (tertiary/aromatic N) is 1. The number of ether oxygens (including phenoxy) is 2. The first kappa shape index (κ1) is 33.9. The predicted molar refractivity (Wildman–Crippen MR) is 148 cm³/mol. The molecule has 0 aromatic heterocycles. The summed E-state index contributed by atoms with van der Waals surface area (Å²) >= 11 is 0. The summed E-state index contributed by atoms with van der Waals surface area (Å²) in [7, 11) is 2.94. The van der Waals surface area contributed by atoms with E-state index in [0.29, 0.717) is 12.8 Å². The molecule has 0 spiro atoms. The van der Waals surface area contributed by atoms with Crippen LogP contribution in [0.1, 0.15) is 148 Å². The van der Waals surface area contributed by atoms with Crippen molar-refractivity contribution in [1.82, 2.24) is 4.90 Å². The van der Waals surface area contributed by atoms with Crippen molar-refractivity contribution >= 4 is 11.9 Å². The van der Waals surface area contributed by atoms with Gasteiger partial charge in [-0.25, -0.2) is 0 Å². The van der Waals surface area contributed by atoms with E-state index in [1.54, 1.807) is 0 Å². The maximum atomic E-state index is 11.1. The molecule has 0 aliphatic carbocycles. The Kier molecular flexibility index (Phi) is 26.6. The third-order valence-corrected chi connectivity index (χ3v) is 6.99. The number of unbranched alkanes of at least 4 members (excludes halogenated alkanes) is 17. The summed E-state index contributed by atoms with van der Waals surface area (Å²) in [6.45, 7) is 6.10. The monoisotopic (exact) mass is 497 g/mol. The molecule has 0 saturated heterocycles. The van der Waals surface area contributed by atoms with E-state index in [0.717, 1.165) is 25.7 Å². The van der Waals surface area contributed by atoms with Crippen molar-refractivity contribution in [3.63, 3.8) is 0 Å². The van der Waals surface area contributed by atoms with Crippen LogP contribution in [-0.2, 0) is 19.1 Å². The fraction of sp³-hybridized carbons (Fsp3) is 0.933. The third-order valence-electron chi connectivity index (χ3n) is 6.99. The zero-order valence-corrected chi connectivity index (χ0v) is 23.8. The summed E-state index contributed by atoms with van der Waals surface area (Å²) in [5.74, 6) is -0.151. The standard InChI is InChI=1S/C30H59NO4/c1-4-5-6-21-26-31(27-22-17-13-9-7-11-15-19-24-29(32)34-2)28-23-18-14-10-8-12-16-20-25-30(33)35-3/h4-28H2,1-3H3. The van der Waals surface area contributed by atoms with E-state index < -0.39 is 0 Å². The average Bonchev–Trinajstić information content (AvgIpc) is 2.87. The van der Waals surface area contributed by atoms with Crippen LogP contribution in [-0.4, -0.2) is 50.7 Å². The number of rotatable bonds is 27. The van der Waals surface area contributed by atoms with Gasteiger partial charge in [0, 0.05) is 12.8 Å². The van der Waals surface area contributed by atoms with E-state index in [-0.39, 0.29) is 11.9 Å². The Labute approximate surface area is 218 Å². The number of methoxy groups -OCH3 is 2. The zero-order chi connectivity index (χ0) is 25.8. The maximum Gasteiger partial charge on any atom is 0.305 e. The highest BCUT2D eigenvalue weighted by atomic mass is 16.5. The normalized spacial score (nSPS) is 11.2. The molecule has 35 heavy (non-hydrogen) atoms. The van der Waals surface area contributed by atoms with Crippen molar-refractivity contribution < 1.29 is 19.1 Å². The fourth-order valence-corrected chi connectivity index (χ4v) is 4.63. The highest BCUT2D eigenvalue weighted by molar-refractivity contribution is 5.69. The Morgan fingerprint density at radius 3 is 1.06 bits per heavy atom. The highest BCUT2D eigenvalue weighted by Gasteiger charge is 2.05. The predicted octanol–water partition coefficient (Wildman–Crippen LogP) is 8.24. The van der Waals surface area contributed by atoms with Gasteiger partial charge in [-0.2, -0.15) is 0 Å². The first-order valence-corrected chi connectivity index (χ1v) is 15.0.